The van der Waals surface area contributed by atoms with E-state index in [1.807, 2.05) is 0 Å². The summed E-state index contributed by atoms with van der Waals surface area (Å²) in [4.78, 5) is 0. The topological polar surface area (TPSA) is 0 Å². The molecule has 35 heavy (non-hydrogen) atoms. The summed E-state index contributed by atoms with van der Waals surface area (Å²) in [5.74, 6) is 0.560. The van der Waals surface area contributed by atoms with E-state index in [1.54, 1.807) is 23.3 Å². The zero-order chi connectivity index (χ0) is 25.0. The molecule has 0 heterocycles. The zero-order valence-corrected chi connectivity index (χ0v) is 28.4. The second kappa shape index (κ2) is 14.8. The predicted octanol–water partition coefficient (Wildman–Crippen LogP) is 10.1. The molecule has 0 amide bonds. The summed E-state index contributed by atoms with van der Waals surface area (Å²) in [6.07, 6.45) is 3.36. The van der Waals surface area contributed by atoms with Crippen LogP contribution in [0, 0.1) is 46.6 Å². The minimum atomic E-state index is 0. The fourth-order valence-corrected chi connectivity index (χ4v) is 4.47. The van der Waals surface area contributed by atoms with E-state index in [9.17, 15) is 0 Å². The molecule has 1 aliphatic rings. The van der Waals surface area contributed by atoms with Crippen molar-refractivity contribution in [2.45, 2.75) is 75.4 Å². The van der Waals surface area contributed by atoms with Gasteiger partial charge in [0.2, 0.25) is 0 Å². The van der Waals surface area contributed by atoms with E-state index in [0.29, 0.717) is 5.92 Å². The Morgan fingerprint density at radius 3 is 1.69 bits per heavy atom. The molecule has 1 aliphatic carbocycles. The maximum absolute atomic E-state index is 3.36. The quantitative estimate of drug-likeness (QED) is 0.192. The van der Waals surface area contributed by atoms with Gasteiger partial charge in [-0.2, -0.15) is 11.1 Å². The van der Waals surface area contributed by atoms with E-state index >= 15 is 0 Å². The van der Waals surface area contributed by atoms with Crippen molar-refractivity contribution in [3.63, 3.8) is 0 Å². The third-order valence-electron chi connectivity index (χ3n) is 7.04. The van der Waals surface area contributed by atoms with Crippen LogP contribution < -0.4 is 0 Å². The number of hydrogen-bond acceptors (Lipinski definition) is 0. The van der Waals surface area contributed by atoms with Crippen LogP contribution in [0.15, 0.2) is 53.1 Å². The number of allylic oxidation sites excluding steroid dienone is 4. The third kappa shape index (κ3) is 8.10. The molecule has 0 spiro atoms. The van der Waals surface area contributed by atoms with Crippen molar-refractivity contribution >= 4 is 41.0 Å². The standard InChI is InChI=1S/C20H21.C9H13.C2H6Si.2ClH.Zr/c1-12-11-18-15(4)13(2)14(3)16(5)20(18)19(12)17-9-7-6-8-10-17;1-6-5-7(2)9(4)8(6)3;1-3-2;;;/h6-11H,1-5H3;6H,1-4H3;1-2H3;2*1H;/q2*-1;;;;+2. The van der Waals surface area contributed by atoms with Gasteiger partial charge in [0, 0.05) is 0 Å². The van der Waals surface area contributed by atoms with Gasteiger partial charge in [0.05, 0.1) is 0 Å². The van der Waals surface area contributed by atoms with E-state index in [-0.39, 0.29) is 30.2 Å². The summed E-state index contributed by atoms with van der Waals surface area (Å²) < 4.78 is 0. The Bertz CT molecular complexity index is 1230. The Balaban J connectivity index is 0.000000649. The van der Waals surface area contributed by atoms with Gasteiger partial charge in [-0.05, 0) is 20.8 Å². The largest absolute Gasteiger partial charge is 0.147 e. The second-order valence-corrected chi connectivity index (χ2v) is 19.0. The zero-order valence-electron chi connectivity index (χ0n) is 23.4. The van der Waals surface area contributed by atoms with Crippen LogP contribution in [0.3, 0.4) is 0 Å². The molecular weight excluding hydrogens is 563 g/mol. The van der Waals surface area contributed by atoms with Gasteiger partial charge in [-0.15, -0.1) is 65.3 Å². The molecule has 0 aromatic heterocycles. The molecule has 3 aromatic rings. The molecule has 1 atom stereocenters. The summed E-state index contributed by atoms with van der Waals surface area (Å²) in [6.45, 7) is 24.5. The number of halogens is 2. The van der Waals surface area contributed by atoms with Crippen molar-refractivity contribution in [1.82, 2.24) is 0 Å². The first-order valence-electron chi connectivity index (χ1n) is 11.9. The molecule has 1 unspecified atom stereocenters. The first-order chi connectivity index (χ1) is 15.4. The molecule has 3 aromatic carbocycles. The average Bonchev–Trinajstić information content (AvgIpc) is 3.22. The molecule has 4 heteroatoms. The number of fused-ring (bicyclic) bond motifs is 1. The number of rotatable bonds is 1. The molecule has 0 radical (unpaired) electrons. The Morgan fingerprint density at radius 1 is 0.800 bits per heavy atom. The van der Waals surface area contributed by atoms with Gasteiger partial charge in [0.25, 0.3) is 0 Å². The molecule has 0 aliphatic heterocycles. The Kier molecular flexibility index (Phi) is 14.5. The van der Waals surface area contributed by atoms with Crippen molar-refractivity contribution in [1.29, 1.82) is 0 Å². The fourth-order valence-electron chi connectivity index (χ4n) is 4.47. The second-order valence-electron chi connectivity index (χ2n) is 9.66. The monoisotopic (exact) mass is 602 g/mol. The Hall–Kier alpha value is -0.790. The van der Waals surface area contributed by atoms with Crippen LogP contribution >= 0.6 is 24.8 Å². The van der Waals surface area contributed by atoms with Crippen molar-refractivity contribution in [3.8, 4) is 11.1 Å². The van der Waals surface area contributed by atoms with E-state index < -0.39 is 0 Å². The molecular formula is C31H42Cl2SiZr. The van der Waals surface area contributed by atoms with Gasteiger partial charge in [-0.1, -0.05) is 93.1 Å². The van der Waals surface area contributed by atoms with Crippen molar-refractivity contribution < 1.29 is 23.3 Å². The van der Waals surface area contributed by atoms with Gasteiger partial charge in [-0.25, -0.2) is 5.57 Å². The van der Waals surface area contributed by atoms with Gasteiger partial charge in [0.1, 0.15) is 0 Å². The van der Waals surface area contributed by atoms with Gasteiger partial charge >= 0.3 is 41.9 Å². The number of benzene rings is 2. The van der Waals surface area contributed by atoms with Crippen LogP contribution in [-0.2, 0) is 23.3 Å². The molecule has 0 N–H and O–H groups in total. The van der Waals surface area contributed by atoms with Gasteiger partial charge in [-0.3, -0.25) is 6.08 Å². The minimum Gasteiger partial charge on any atom is -0.147 e. The van der Waals surface area contributed by atoms with Gasteiger partial charge in [0.15, 0.2) is 0 Å². The number of hydrogen-bond donors (Lipinski definition) is 0. The normalized spacial score (nSPS) is 14.2. The van der Waals surface area contributed by atoms with Crippen molar-refractivity contribution in [2.75, 3.05) is 0 Å². The van der Waals surface area contributed by atoms with Gasteiger partial charge < -0.3 is 0 Å². The van der Waals surface area contributed by atoms with Crippen LogP contribution in [0.4, 0.5) is 0 Å². The van der Waals surface area contributed by atoms with Crippen LogP contribution in [0.5, 0.6) is 0 Å². The molecule has 0 bridgehead atoms. The average molecular weight is 605 g/mol. The summed E-state index contributed by atoms with van der Waals surface area (Å²) in [5.41, 5.74) is 14.3. The van der Waals surface area contributed by atoms with E-state index in [4.69, 9.17) is 0 Å². The van der Waals surface area contributed by atoms with E-state index in [2.05, 4.69) is 118 Å². The molecule has 0 saturated carbocycles. The first kappa shape index (κ1) is 34.2. The van der Waals surface area contributed by atoms with Crippen LogP contribution in [0.1, 0.15) is 55.5 Å². The Morgan fingerprint density at radius 2 is 1.29 bits per heavy atom. The van der Waals surface area contributed by atoms with Crippen LogP contribution in [-0.4, -0.2) is 5.43 Å². The van der Waals surface area contributed by atoms with Crippen molar-refractivity contribution in [2.24, 2.45) is 5.92 Å². The first-order valence-corrected chi connectivity index (χ1v) is 18.1. The minimum absolute atomic E-state index is 0. The maximum atomic E-state index is 3.36. The molecule has 4 rings (SSSR count). The summed E-state index contributed by atoms with van der Waals surface area (Å²) in [7, 11) is 0. The smallest absolute Gasteiger partial charge is 0.0408 e. The number of aryl methyl sites for hydroxylation is 3. The fraction of sp³-hybridized carbons (Fsp3) is 0.387. The SMILES string of the molecule is CC1=[C-]C(C)C(C)=C1C.C[Si](C)=[Zr+2].Cc1[cH-]c2c(C)c(C)c(C)c(C)c2c1-c1ccccc1.Cl.Cl. The molecule has 0 fully saturated rings. The molecule has 188 valence electrons. The maximum Gasteiger partial charge on any atom is -0.0408 e. The summed E-state index contributed by atoms with van der Waals surface area (Å²) >= 11 is 1.74. The van der Waals surface area contributed by atoms with E-state index in [1.165, 1.54) is 66.4 Å². The van der Waals surface area contributed by atoms with Crippen molar-refractivity contribution in [3.05, 3.63) is 87.0 Å². The summed E-state index contributed by atoms with van der Waals surface area (Å²) in [5, 5.41) is 2.86. The molecule has 0 saturated heterocycles. The summed E-state index contributed by atoms with van der Waals surface area (Å²) in [6, 6.07) is 13.1. The third-order valence-corrected chi connectivity index (χ3v) is 7.04. The van der Waals surface area contributed by atoms with Crippen LogP contribution in [0.25, 0.3) is 21.9 Å². The van der Waals surface area contributed by atoms with Crippen LogP contribution in [0.2, 0.25) is 13.1 Å². The molecule has 0 nitrogen and oxygen atoms in total. The Labute approximate surface area is 242 Å². The van der Waals surface area contributed by atoms with E-state index in [0.717, 1.165) is 0 Å². The predicted molar refractivity (Wildman–Crippen MR) is 161 cm³/mol.